The summed E-state index contributed by atoms with van der Waals surface area (Å²) in [6.07, 6.45) is 0.0428. The maximum atomic E-state index is 12.2. The van der Waals surface area contributed by atoms with E-state index in [0.29, 0.717) is 12.1 Å². The van der Waals surface area contributed by atoms with Gasteiger partial charge in [-0.15, -0.1) is 0 Å². The molecule has 1 rings (SSSR count). The van der Waals surface area contributed by atoms with Crippen molar-refractivity contribution in [2.45, 2.75) is 20.3 Å². The minimum absolute atomic E-state index is 0.0428. The molecule has 0 aliphatic carbocycles. The summed E-state index contributed by atoms with van der Waals surface area (Å²) in [6, 6.07) is 6.19. The van der Waals surface area contributed by atoms with Crippen LogP contribution in [0.15, 0.2) is 24.3 Å². The van der Waals surface area contributed by atoms with Crippen LogP contribution in [0, 0.1) is 5.92 Å². The highest BCUT2D eigenvalue weighted by atomic mass is 16.4. The summed E-state index contributed by atoms with van der Waals surface area (Å²) in [6.45, 7) is 4.18. The van der Waals surface area contributed by atoms with E-state index in [0.717, 1.165) is 0 Å². The Kier molecular flexibility index (Phi) is 5.90. The van der Waals surface area contributed by atoms with Gasteiger partial charge in [0.1, 0.15) is 0 Å². The van der Waals surface area contributed by atoms with E-state index in [2.05, 4.69) is 0 Å². The lowest BCUT2D eigenvalue weighted by Crippen LogP contribution is -2.41. The zero-order valence-corrected chi connectivity index (χ0v) is 12.2. The Bertz CT molecular complexity index is 540. The molecule has 0 saturated heterocycles. The molecule has 1 aromatic rings. The molecule has 0 fully saturated rings. The third-order valence-electron chi connectivity index (χ3n) is 2.81. The van der Waals surface area contributed by atoms with Gasteiger partial charge in [0.25, 0.3) is 0 Å². The van der Waals surface area contributed by atoms with Crippen LogP contribution in [-0.2, 0) is 16.0 Å². The third-order valence-corrected chi connectivity index (χ3v) is 2.81. The van der Waals surface area contributed by atoms with Crippen molar-refractivity contribution in [1.29, 1.82) is 0 Å². The molecule has 0 aliphatic rings. The first kappa shape index (κ1) is 16.7. The smallest absolute Gasteiger partial charge is 0.335 e. The van der Waals surface area contributed by atoms with Crippen LogP contribution in [0.5, 0.6) is 0 Å². The van der Waals surface area contributed by atoms with Crippen molar-refractivity contribution in [2.24, 2.45) is 11.7 Å². The Morgan fingerprint density at radius 2 is 1.95 bits per heavy atom. The van der Waals surface area contributed by atoms with Crippen LogP contribution < -0.4 is 5.73 Å². The fraction of sp³-hybridized carbons (Fsp3) is 0.400. The number of carbonyl (C=O) groups excluding carboxylic acids is 2. The van der Waals surface area contributed by atoms with Crippen molar-refractivity contribution in [3.05, 3.63) is 35.4 Å². The second kappa shape index (κ2) is 7.42. The molecule has 0 heterocycles. The predicted octanol–water partition coefficient (Wildman–Crippen LogP) is 0.897. The third kappa shape index (κ3) is 5.64. The second-order valence-electron chi connectivity index (χ2n) is 5.32. The van der Waals surface area contributed by atoms with Crippen LogP contribution in [-0.4, -0.2) is 40.9 Å². The lowest BCUT2D eigenvalue weighted by molar-refractivity contribution is -0.135. The van der Waals surface area contributed by atoms with Crippen LogP contribution in [0.4, 0.5) is 0 Å². The lowest BCUT2D eigenvalue weighted by Gasteiger charge is -2.23. The summed E-state index contributed by atoms with van der Waals surface area (Å²) in [5.41, 5.74) is 5.88. The summed E-state index contributed by atoms with van der Waals surface area (Å²) in [5, 5.41) is 8.93. The topological polar surface area (TPSA) is 101 Å². The van der Waals surface area contributed by atoms with Gasteiger partial charge < -0.3 is 15.7 Å². The molecule has 0 bridgehead atoms. The number of carboxylic acids is 1. The molecule has 0 aliphatic heterocycles. The highest BCUT2D eigenvalue weighted by Crippen LogP contribution is 2.09. The number of rotatable bonds is 7. The number of aromatic carboxylic acids is 1. The molecule has 0 unspecified atom stereocenters. The van der Waals surface area contributed by atoms with Crippen LogP contribution in [0.2, 0.25) is 0 Å². The van der Waals surface area contributed by atoms with Gasteiger partial charge in [0.05, 0.1) is 18.5 Å². The normalized spacial score (nSPS) is 10.4. The van der Waals surface area contributed by atoms with Crippen molar-refractivity contribution < 1.29 is 19.5 Å². The Morgan fingerprint density at radius 1 is 1.29 bits per heavy atom. The maximum absolute atomic E-state index is 12.2. The van der Waals surface area contributed by atoms with Crippen LogP contribution in [0.1, 0.15) is 29.8 Å². The van der Waals surface area contributed by atoms with Gasteiger partial charge in [-0.25, -0.2) is 4.79 Å². The van der Waals surface area contributed by atoms with E-state index in [9.17, 15) is 14.4 Å². The summed E-state index contributed by atoms with van der Waals surface area (Å²) in [7, 11) is 0. The van der Waals surface area contributed by atoms with Crippen LogP contribution in [0.25, 0.3) is 0 Å². The molecule has 1 aromatic carbocycles. The molecular weight excluding hydrogens is 272 g/mol. The molecule has 0 aromatic heterocycles. The number of hydrogen-bond donors (Lipinski definition) is 2. The number of nitrogens with two attached hydrogens (primary N) is 1. The molecule has 3 N–H and O–H groups in total. The van der Waals surface area contributed by atoms with Crippen molar-refractivity contribution in [2.75, 3.05) is 13.1 Å². The van der Waals surface area contributed by atoms with Gasteiger partial charge >= 0.3 is 5.97 Å². The first-order valence-corrected chi connectivity index (χ1v) is 6.68. The summed E-state index contributed by atoms with van der Waals surface area (Å²) >= 11 is 0. The monoisotopic (exact) mass is 292 g/mol. The number of amides is 2. The molecule has 6 heteroatoms. The van der Waals surface area contributed by atoms with Gasteiger partial charge in [0, 0.05) is 6.54 Å². The van der Waals surface area contributed by atoms with Crippen LogP contribution >= 0.6 is 0 Å². The Balaban J connectivity index is 2.82. The lowest BCUT2D eigenvalue weighted by atomic mass is 10.1. The van der Waals surface area contributed by atoms with E-state index in [1.54, 1.807) is 12.1 Å². The van der Waals surface area contributed by atoms with Gasteiger partial charge in [-0.2, -0.15) is 0 Å². The molecule has 6 nitrogen and oxygen atoms in total. The molecule has 114 valence electrons. The number of nitrogens with zero attached hydrogens (tertiary/aromatic N) is 1. The van der Waals surface area contributed by atoms with Gasteiger partial charge in [-0.05, 0) is 23.6 Å². The summed E-state index contributed by atoms with van der Waals surface area (Å²) in [4.78, 5) is 35.6. The molecule has 21 heavy (non-hydrogen) atoms. The van der Waals surface area contributed by atoms with Gasteiger partial charge in [-0.1, -0.05) is 26.0 Å². The van der Waals surface area contributed by atoms with E-state index in [1.807, 2.05) is 13.8 Å². The fourth-order valence-corrected chi connectivity index (χ4v) is 1.98. The first-order chi connectivity index (χ1) is 9.79. The van der Waals surface area contributed by atoms with E-state index >= 15 is 0 Å². The van der Waals surface area contributed by atoms with Crippen molar-refractivity contribution in [1.82, 2.24) is 4.90 Å². The highest BCUT2D eigenvalue weighted by molar-refractivity contribution is 5.89. The standard InChI is InChI=1S/C15H20N2O4/c1-10(2)8-17(9-13(16)18)14(19)7-11-4-3-5-12(6-11)15(20)21/h3-6,10H,7-9H2,1-2H3,(H2,16,18)(H,20,21). The predicted molar refractivity (Wildman–Crippen MR) is 77.7 cm³/mol. The van der Waals surface area contributed by atoms with Gasteiger partial charge in [0.2, 0.25) is 11.8 Å². The molecular formula is C15H20N2O4. The maximum Gasteiger partial charge on any atom is 0.335 e. The summed E-state index contributed by atoms with van der Waals surface area (Å²) in [5.74, 6) is -1.65. The van der Waals surface area contributed by atoms with E-state index in [4.69, 9.17) is 10.8 Å². The van der Waals surface area contributed by atoms with Crippen LogP contribution in [0.3, 0.4) is 0 Å². The van der Waals surface area contributed by atoms with Crippen molar-refractivity contribution >= 4 is 17.8 Å². The number of primary amides is 1. The quantitative estimate of drug-likeness (QED) is 0.779. The van der Waals surface area contributed by atoms with Crippen molar-refractivity contribution in [3.8, 4) is 0 Å². The number of carbonyl (C=O) groups is 3. The average molecular weight is 292 g/mol. The van der Waals surface area contributed by atoms with Gasteiger partial charge in [-0.3, -0.25) is 9.59 Å². The largest absolute Gasteiger partial charge is 0.478 e. The van der Waals surface area contributed by atoms with E-state index in [-0.39, 0.29) is 30.4 Å². The average Bonchev–Trinajstić information content (AvgIpc) is 2.37. The molecule has 2 amide bonds. The number of benzene rings is 1. The van der Waals surface area contributed by atoms with E-state index in [1.165, 1.54) is 17.0 Å². The minimum Gasteiger partial charge on any atom is -0.478 e. The molecule has 0 saturated carbocycles. The Hall–Kier alpha value is -2.37. The zero-order chi connectivity index (χ0) is 16.0. The Labute approximate surface area is 123 Å². The first-order valence-electron chi connectivity index (χ1n) is 6.68. The van der Waals surface area contributed by atoms with Crippen molar-refractivity contribution in [3.63, 3.8) is 0 Å². The number of hydrogen-bond acceptors (Lipinski definition) is 3. The highest BCUT2D eigenvalue weighted by Gasteiger charge is 2.17. The number of carboxylic acid groups (broad SMARTS) is 1. The van der Waals surface area contributed by atoms with E-state index < -0.39 is 11.9 Å². The molecule has 0 atom stereocenters. The molecule has 0 spiro atoms. The fourth-order valence-electron chi connectivity index (χ4n) is 1.98. The SMILES string of the molecule is CC(C)CN(CC(N)=O)C(=O)Cc1cccc(C(=O)O)c1. The second-order valence-corrected chi connectivity index (χ2v) is 5.32. The Morgan fingerprint density at radius 3 is 2.48 bits per heavy atom. The minimum atomic E-state index is -1.04. The zero-order valence-electron chi connectivity index (χ0n) is 12.2. The summed E-state index contributed by atoms with van der Waals surface area (Å²) < 4.78 is 0. The van der Waals surface area contributed by atoms with Gasteiger partial charge in [0.15, 0.2) is 0 Å². The molecule has 0 radical (unpaired) electrons.